The van der Waals surface area contributed by atoms with E-state index >= 15 is 0 Å². The lowest BCUT2D eigenvalue weighted by Crippen LogP contribution is -2.46. The summed E-state index contributed by atoms with van der Waals surface area (Å²) in [5.41, 5.74) is 6.35. The second-order valence-electron chi connectivity index (χ2n) is 5.80. The Labute approximate surface area is 109 Å². The average molecular weight is 249 g/mol. The number of aliphatic hydroxyl groups is 1. The minimum atomic E-state index is -0.672. The number of hydrogen-bond acceptors (Lipinski definition) is 3. The summed E-state index contributed by atoms with van der Waals surface area (Å²) in [6.45, 7) is 5.01. The van der Waals surface area contributed by atoms with Crippen molar-refractivity contribution in [1.29, 1.82) is 0 Å². The van der Waals surface area contributed by atoms with Crippen molar-refractivity contribution in [3.8, 4) is 5.75 Å². The lowest BCUT2D eigenvalue weighted by atomic mass is 9.72. The average Bonchev–Trinajstić information content (AvgIpc) is 2.38. The molecule has 100 valence electrons. The first-order valence-corrected chi connectivity index (χ1v) is 6.63. The molecular weight excluding hydrogens is 226 g/mol. The van der Waals surface area contributed by atoms with Crippen LogP contribution in [0.5, 0.6) is 5.75 Å². The molecule has 1 aromatic carbocycles. The molecule has 3 heteroatoms. The van der Waals surface area contributed by atoms with Crippen molar-refractivity contribution >= 4 is 0 Å². The van der Waals surface area contributed by atoms with Gasteiger partial charge in [0.15, 0.2) is 0 Å². The van der Waals surface area contributed by atoms with Crippen LogP contribution in [0, 0.1) is 5.41 Å². The molecule has 2 rings (SSSR count). The van der Waals surface area contributed by atoms with E-state index in [-0.39, 0.29) is 5.41 Å². The summed E-state index contributed by atoms with van der Waals surface area (Å²) in [4.78, 5) is 0. The van der Waals surface area contributed by atoms with E-state index in [9.17, 15) is 5.11 Å². The molecular formula is C15H23NO2. The summed E-state index contributed by atoms with van der Waals surface area (Å²) >= 11 is 0. The van der Waals surface area contributed by atoms with Crippen LogP contribution >= 0.6 is 0 Å². The summed E-state index contributed by atoms with van der Waals surface area (Å²) < 4.78 is 5.83. The Hall–Kier alpha value is -1.06. The van der Waals surface area contributed by atoms with Gasteiger partial charge in [-0.2, -0.15) is 0 Å². The van der Waals surface area contributed by atoms with Crippen LogP contribution in [0.25, 0.3) is 0 Å². The zero-order valence-electron chi connectivity index (χ0n) is 11.3. The Bertz CT molecular complexity index is 417. The number of rotatable bonds is 4. The van der Waals surface area contributed by atoms with Crippen molar-refractivity contribution in [1.82, 2.24) is 0 Å². The summed E-state index contributed by atoms with van der Waals surface area (Å²) in [5.74, 6) is 0.956. The van der Waals surface area contributed by atoms with E-state index < -0.39 is 5.60 Å². The highest BCUT2D eigenvalue weighted by Crippen LogP contribution is 2.39. The molecule has 0 amide bonds. The predicted octanol–water partition coefficient (Wildman–Crippen LogP) is 2.12. The number of hydrogen-bond donors (Lipinski definition) is 2. The van der Waals surface area contributed by atoms with Crippen molar-refractivity contribution in [2.45, 2.75) is 38.7 Å². The molecule has 0 bridgehead atoms. The maximum Gasteiger partial charge on any atom is 0.122 e. The molecule has 3 N–H and O–H groups in total. The fraction of sp³-hybridized carbons (Fsp3) is 0.600. The number of para-hydroxylation sites is 1. The van der Waals surface area contributed by atoms with E-state index in [1.807, 2.05) is 32.0 Å². The van der Waals surface area contributed by atoms with Gasteiger partial charge >= 0.3 is 0 Å². The van der Waals surface area contributed by atoms with Crippen molar-refractivity contribution in [2.75, 3.05) is 13.2 Å². The van der Waals surface area contributed by atoms with Crippen molar-refractivity contribution in [2.24, 2.45) is 11.1 Å². The fourth-order valence-electron chi connectivity index (χ4n) is 2.73. The molecule has 0 saturated carbocycles. The lowest BCUT2D eigenvalue weighted by molar-refractivity contribution is -0.0173. The maximum absolute atomic E-state index is 10.3. The molecule has 2 unspecified atom stereocenters. The first kappa shape index (κ1) is 13.4. The third-order valence-electron chi connectivity index (χ3n) is 4.02. The van der Waals surface area contributed by atoms with Crippen LogP contribution in [0.4, 0.5) is 0 Å². The van der Waals surface area contributed by atoms with Gasteiger partial charge in [0.25, 0.3) is 0 Å². The third-order valence-corrected chi connectivity index (χ3v) is 4.02. The van der Waals surface area contributed by atoms with Gasteiger partial charge in [0.05, 0.1) is 12.2 Å². The van der Waals surface area contributed by atoms with Gasteiger partial charge < -0.3 is 15.6 Å². The largest absolute Gasteiger partial charge is 0.493 e. The number of ether oxygens (including phenoxy) is 1. The molecule has 0 aliphatic carbocycles. The van der Waals surface area contributed by atoms with Crippen LogP contribution in [0.1, 0.15) is 32.3 Å². The minimum Gasteiger partial charge on any atom is -0.493 e. The van der Waals surface area contributed by atoms with Crippen LogP contribution in [-0.4, -0.2) is 23.9 Å². The number of fused-ring (bicyclic) bond motifs is 1. The van der Waals surface area contributed by atoms with Crippen LogP contribution < -0.4 is 10.5 Å². The molecule has 1 heterocycles. The van der Waals surface area contributed by atoms with E-state index in [0.717, 1.165) is 18.6 Å². The monoisotopic (exact) mass is 249 g/mol. The van der Waals surface area contributed by atoms with E-state index in [1.165, 1.54) is 5.56 Å². The highest BCUT2D eigenvalue weighted by Gasteiger charge is 2.39. The predicted molar refractivity (Wildman–Crippen MR) is 72.7 cm³/mol. The zero-order valence-corrected chi connectivity index (χ0v) is 11.3. The Morgan fingerprint density at radius 2 is 2.17 bits per heavy atom. The topological polar surface area (TPSA) is 55.5 Å². The summed E-state index contributed by atoms with van der Waals surface area (Å²) in [6, 6.07) is 8.08. The van der Waals surface area contributed by atoms with E-state index in [0.29, 0.717) is 19.6 Å². The molecule has 18 heavy (non-hydrogen) atoms. The van der Waals surface area contributed by atoms with Crippen LogP contribution in [0.3, 0.4) is 0 Å². The Kier molecular flexibility index (Phi) is 3.64. The highest BCUT2D eigenvalue weighted by molar-refractivity contribution is 5.36. The first-order valence-electron chi connectivity index (χ1n) is 6.63. The van der Waals surface area contributed by atoms with Crippen molar-refractivity contribution < 1.29 is 9.84 Å². The summed E-state index contributed by atoms with van der Waals surface area (Å²) in [5, 5.41) is 10.3. The molecule has 0 saturated heterocycles. The van der Waals surface area contributed by atoms with E-state index in [4.69, 9.17) is 10.5 Å². The Morgan fingerprint density at radius 3 is 2.83 bits per heavy atom. The van der Waals surface area contributed by atoms with Gasteiger partial charge in [-0.25, -0.2) is 0 Å². The van der Waals surface area contributed by atoms with Crippen molar-refractivity contribution in [3.63, 3.8) is 0 Å². The smallest absolute Gasteiger partial charge is 0.122 e. The van der Waals surface area contributed by atoms with Gasteiger partial charge in [0.1, 0.15) is 5.75 Å². The summed E-state index contributed by atoms with van der Waals surface area (Å²) in [6.07, 6.45) is 2.30. The molecule has 0 aromatic heterocycles. The molecule has 0 fully saturated rings. The van der Waals surface area contributed by atoms with E-state index in [2.05, 4.69) is 6.07 Å². The molecule has 1 aliphatic heterocycles. The van der Waals surface area contributed by atoms with Crippen molar-refractivity contribution in [3.05, 3.63) is 29.8 Å². The third kappa shape index (κ3) is 2.68. The maximum atomic E-state index is 10.3. The second-order valence-corrected chi connectivity index (χ2v) is 5.80. The highest BCUT2D eigenvalue weighted by atomic mass is 16.5. The van der Waals surface area contributed by atoms with Gasteiger partial charge in [-0.1, -0.05) is 25.1 Å². The molecule has 0 radical (unpaired) electrons. The molecule has 3 nitrogen and oxygen atoms in total. The quantitative estimate of drug-likeness (QED) is 0.859. The van der Waals surface area contributed by atoms with Gasteiger partial charge in [-0.05, 0) is 37.8 Å². The van der Waals surface area contributed by atoms with Gasteiger partial charge in [0.2, 0.25) is 0 Å². The van der Waals surface area contributed by atoms with Gasteiger partial charge in [0, 0.05) is 12.0 Å². The number of nitrogens with two attached hydrogens (primary N) is 1. The summed E-state index contributed by atoms with van der Waals surface area (Å²) in [7, 11) is 0. The molecule has 0 spiro atoms. The van der Waals surface area contributed by atoms with Gasteiger partial charge in [-0.3, -0.25) is 0 Å². The first-order chi connectivity index (χ1) is 8.50. The van der Waals surface area contributed by atoms with Gasteiger partial charge in [-0.15, -0.1) is 0 Å². The minimum absolute atomic E-state index is 0.145. The van der Waals surface area contributed by atoms with Crippen LogP contribution in [0.15, 0.2) is 24.3 Å². The Morgan fingerprint density at radius 1 is 1.44 bits per heavy atom. The molecule has 2 atom stereocenters. The molecule has 1 aromatic rings. The normalized spacial score (nSPS) is 26.0. The molecule has 1 aliphatic rings. The van der Waals surface area contributed by atoms with E-state index in [1.54, 1.807) is 0 Å². The SMILES string of the molecule is CCC(C)(O)CC1(CN)COc2ccccc2C1. The Balaban J connectivity index is 2.21. The van der Waals surface area contributed by atoms with Crippen LogP contribution in [0.2, 0.25) is 0 Å². The van der Waals surface area contributed by atoms with Crippen LogP contribution in [-0.2, 0) is 6.42 Å². The zero-order chi connectivity index (χ0) is 13.2. The second kappa shape index (κ2) is 4.90. The lowest BCUT2D eigenvalue weighted by Gasteiger charge is -2.41. The standard InChI is InChI=1S/C15H23NO2/c1-3-14(2,17)9-15(10-16)8-12-6-4-5-7-13(12)18-11-15/h4-7,17H,3,8-11,16H2,1-2H3. The fourth-order valence-corrected chi connectivity index (χ4v) is 2.73. The number of benzene rings is 1.